The fourth-order valence-corrected chi connectivity index (χ4v) is 1.39. The molecule has 0 amide bonds. The standard InChI is InChI=1S/C11H11F4NO2/c12-7-2-1-6(5-8(7)13)10(11(14)15)16-4-3-9(17)18/h1-2,5,10-11,16H,3-4H2,(H,17,18)/t10-/m1/s1. The molecular formula is C11H11F4NO2. The summed E-state index contributed by atoms with van der Waals surface area (Å²) in [5.41, 5.74) is -0.130. The fourth-order valence-electron chi connectivity index (χ4n) is 1.39. The van der Waals surface area contributed by atoms with E-state index in [0.29, 0.717) is 6.07 Å². The van der Waals surface area contributed by atoms with Gasteiger partial charge in [-0.15, -0.1) is 0 Å². The number of alkyl halides is 2. The summed E-state index contributed by atoms with van der Waals surface area (Å²) in [6, 6.07) is 0.918. The number of rotatable bonds is 6. The van der Waals surface area contributed by atoms with Gasteiger partial charge in [0.1, 0.15) is 0 Å². The van der Waals surface area contributed by atoms with Crippen LogP contribution in [0.25, 0.3) is 0 Å². The van der Waals surface area contributed by atoms with E-state index in [9.17, 15) is 22.4 Å². The van der Waals surface area contributed by atoms with Crippen molar-refractivity contribution < 1.29 is 27.5 Å². The molecule has 0 spiro atoms. The molecule has 1 rings (SSSR count). The fraction of sp³-hybridized carbons (Fsp3) is 0.364. The molecule has 1 atom stereocenters. The van der Waals surface area contributed by atoms with Gasteiger partial charge in [-0.3, -0.25) is 4.79 Å². The summed E-state index contributed by atoms with van der Waals surface area (Å²) < 4.78 is 51.0. The summed E-state index contributed by atoms with van der Waals surface area (Å²) >= 11 is 0. The van der Waals surface area contributed by atoms with E-state index in [0.717, 1.165) is 12.1 Å². The van der Waals surface area contributed by atoms with Crippen molar-refractivity contribution in [1.82, 2.24) is 5.32 Å². The van der Waals surface area contributed by atoms with Crippen LogP contribution in [0.3, 0.4) is 0 Å². The first-order valence-electron chi connectivity index (χ1n) is 5.10. The number of benzene rings is 1. The number of carbonyl (C=O) groups is 1. The Kier molecular flexibility index (Phi) is 5.08. The lowest BCUT2D eigenvalue weighted by atomic mass is 10.1. The van der Waals surface area contributed by atoms with E-state index in [1.165, 1.54) is 0 Å². The van der Waals surface area contributed by atoms with Gasteiger partial charge in [0.05, 0.1) is 12.5 Å². The highest BCUT2D eigenvalue weighted by molar-refractivity contribution is 5.66. The van der Waals surface area contributed by atoms with Crippen LogP contribution in [0, 0.1) is 11.6 Å². The van der Waals surface area contributed by atoms with Crippen LogP contribution in [-0.2, 0) is 4.79 Å². The van der Waals surface area contributed by atoms with Gasteiger partial charge in [-0.25, -0.2) is 17.6 Å². The maximum Gasteiger partial charge on any atom is 0.304 e. The van der Waals surface area contributed by atoms with E-state index in [-0.39, 0.29) is 18.5 Å². The monoisotopic (exact) mass is 265 g/mol. The van der Waals surface area contributed by atoms with Gasteiger partial charge >= 0.3 is 5.97 Å². The average molecular weight is 265 g/mol. The van der Waals surface area contributed by atoms with Gasteiger partial charge in [-0.1, -0.05) is 6.07 Å². The first-order valence-corrected chi connectivity index (χ1v) is 5.10. The van der Waals surface area contributed by atoms with Gasteiger partial charge < -0.3 is 10.4 Å². The largest absolute Gasteiger partial charge is 0.481 e. The van der Waals surface area contributed by atoms with Crippen LogP contribution in [0.4, 0.5) is 17.6 Å². The van der Waals surface area contributed by atoms with E-state index in [1.54, 1.807) is 0 Å². The van der Waals surface area contributed by atoms with Gasteiger partial charge in [0, 0.05) is 6.54 Å². The molecule has 100 valence electrons. The molecule has 0 fully saturated rings. The second-order valence-electron chi connectivity index (χ2n) is 3.58. The van der Waals surface area contributed by atoms with Crippen molar-refractivity contribution in [3.8, 4) is 0 Å². The molecule has 2 N–H and O–H groups in total. The highest BCUT2D eigenvalue weighted by Gasteiger charge is 2.23. The highest BCUT2D eigenvalue weighted by atomic mass is 19.3. The van der Waals surface area contributed by atoms with Crippen LogP contribution < -0.4 is 5.32 Å². The molecule has 0 aliphatic rings. The molecule has 1 aromatic carbocycles. The molecule has 3 nitrogen and oxygen atoms in total. The quantitative estimate of drug-likeness (QED) is 0.776. The Bertz CT molecular complexity index is 426. The van der Waals surface area contributed by atoms with Gasteiger partial charge in [-0.05, 0) is 17.7 Å². The molecular weight excluding hydrogens is 254 g/mol. The molecule has 0 unspecified atom stereocenters. The molecule has 7 heteroatoms. The Morgan fingerprint density at radius 1 is 1.28 bits per heavy atom. The summed E-state index contributed by atoms with van der Waals surface area (Å²) in [7, 11) is 0. The second kappa shape index (κ2) is 6.34. The Morgan fingerprint density at radius 2 is 1.94 bits per heavy atom. The number of carboxylic acids is 1. The van der Waals surface area contributed by atoms with E-state index in [2.05, 4.69) is 5.32 Å². The minimum Gasteiger partial charge on any atom is -0.481 e. The molecule has 0 aromatic heterocycles. The summed E-state index contributed by atoms with van der Waals surface area (Å²) in [6.45, 7) is -0.191. The summed E-state index contributed by atoms with van der Waals surface area (Å²) in [5, 5.41) is 10.7. The summed E-state index contributed by atoms with van der Waals surface area (Å²) in [4.78, 5) is 10.2. The van der Waals surface area contributed by atoms with Gasteiger partial charge in [0.2, 0.25) is 0 Å². The molecule has 0 aliphatic carbocycles. The average Bonchev–Trinajstić information content (AvgIpc) is 2.27. The van der Waals surface area contributed by atoms with Crippen molar-refractivity contribution in [1.29, 1.82) is 0 Å². The third-order valence-corrected chi connectivity index (χ3v) is 2.26. The molecule has 0 aliphatic heterocycles. The van der Waals surface area contributed by atoms with Crippen LogP contribution in [0.15, 0.2) is 18.2 Å². The molecule has 0 bridgehead atoms. The van der Waals surface area contributed by atoms with Crippen molar-refractivity contribution >= 4 is 5.97 Å². The molecule has 0 saturated carbocycles. The number of hydrogen-bond donors (Lipinski definition) is 2. The predicted molar refractivity (Wildman–Crippen MR) is 55.4 cm³/mol. The normalized spacial score (nSPS) is 12.7. The number of nitrogens with one attached hydrogen (secondary N) is 1. The van der Waals surface area contributed by atoms with E-state index in [4.69, 9.17) is 5.11 Å². The number of carboxylic acid groups (broad SMARTS) is 1. The van der Waals surface area contributed by atoms with Crippen LogP contribution in [0.5, 0.6) is 0 Å². The predicted octanol–water partition coefficient (Wildman–Crippen LogP) is 2.34. The van der Waals surface area contributed by atoms with E-state index >= 15 is 0 Å². The lowest BCUT2D eigenvalue weighted by Gasteiger charge is -2.18. The Morgan fingerprint density at radius 3 is 2.44 bits per heavy atom. The third-order valence-electron chi connectivity index (χ3n) is 2.26. The summed E-state index contributed by atoms with van der Waals surface area (Å²) in [5.74, 6) is -3.49. The number of aliphatic carboxylic acids is 1. The van der Waals surface area contributed by atoms with E-state index in [1.807, 2.05) is 0 Å². The molecule has 0 radical (unpaired) electrons. The van der Waals surface area contributed by atoms with Gasteiger partial charge in [-0.2, -0.15) is 0 Å². The van der Waals surface area contributed by atoms with Gasteiger partial charge in [0.25, 0.3) is 6.43 Å². The second-order valence-corrected chi connectivity index (χ2v) is 3.58. The smallest absolute Gasteiger partial charge is 0.304 e. The van der Waals surface area contributed by atoms with Crippen LogP contribution in [0.2, 0.25) is 0 Å². The molecule has 18 heavy (non-hydrogen) atoms. The van der Waals surface area contributed by atoms with Crippen molar-refractivity contribution in [3.05, 3.63) is 35.4 Å². The molecule has 0 heterocycles. The Labute approximate surface area is 100 Å². The summed E-state index contributed by atoms with van der Waals surface area (Å²) in [6.07, 6.45) is -3.20. The SMILES string of the molecule is O=C(O)CCN[C@H](c1ccc(F)c(F)c1)C(F)F. The third kappa shape index (κ3) is 3.99. The van der Waals surface area contributed by atoms with Crippen molar-refractivity contribution in [2.75, 3.05) is 6.54 Å². The lowest BCUT2D eigenvalue weighted by molar-refractivity contribution is -0.137. The minimum atomic E-state index is -2.86. The van der Waals surface area contributed by atoms with Crippen LogP contribution >= 0.6 is 0 Å². The van der Waals surface area contributed by atoms with Crippen molar-refractivity contribution in [3.63, 3.8) is 0 Å². The highest BCUT2D eigenvalue weighted by Crippen LogP contribution is 2.22. The first-order chi connectivity index (χ1) is 8.41. The topological polar surface area (TPSA) is 49.3 Å². The zero-order valence-electron chi connectivity index (χ0n) is 9.17. The minimum absolute atomic E-state index is 0.130. The zero-order chi connectivity index (χ0) is 13.7. The Hall–Kier alpha value is -1.63. The van der Waals surface area contributed by atoms with E-state index < -0.39 is 30.1 Å². The molecule has 0 saturated heterocycles. The van der Waals surface area contributed by atoms with Crippen LogP contribution in [-0.4, -0.2) is 24.0 Å². The lowest BCUT2D eigenvalue weighted by Crippen LogP contribution is -2.29. The maximum absolute atomic E-state index is 12.9. The number of hydrogen-bond acceptors (Lipinski definition) is 2. The maximum atomic E-state index is 12.9. The van der Waals surface area contributed by atoms with Crippen molar-refractivity contribution in [2.45, 2.75) is 18.9 Å². The van der Waals surface area contributed by atoms with Crippen molar-refractivity contribution in [2.24, 2.45) is 0 Å². The molecule has 1 aromatic rings. The zero-order valence-corrected chi connectivity index (χ0v) is 9.17. The Balaban J connectivity index is 2.77. The number of halogens is 4. The van der Waals surface area contributed by atoms with Gasteiger partial charge in [0.15, 0.2) is 11.6 Å². The first kappa shape index (κ1) is 14.4. The van der Waals surface area contributed by atoms with Crippen LogP contribution in [0.1, 0.15) is 18.0 Å².